The third kappa shape index (κ3) is 9.69. The Morgan fingerprint density at radius 3 is 2.38 bits per heavy atom. The SMILES string of the molecule is CCCCCCC(=O)CC[C@H](C)OC(C)=O. The molecule has 1 atom stereocenters. The van der Waals surface area contributed by atoms with Gasteiger partial charge in [-0.15, -0.1) is 0 Å². The highest BCUT2D eigenvalue weighted by molar-refractivity contribution is 5.78. The van der Waals surface area contributed by atoms with E-state index in [0.717, 1.165) is 12.8 Å². The summed E-state index contributed by atoms with van der Waals surface area (Å²) in [7, 11) is 0. The molecule has 0 N–H and O–H groups in total. The van der Waals surface area contributed by atoms with Gasteiger partial charge in [-0.3, -0.25) is 9.59 Å². The zero-order chi connectivity index (χ0) is 12.4. The second kappa shape index (κ2) is 9.37. The van der Waals surface area contributed by atoms with Crippen molar-refractivity contribution in [3.8, 4) is 0 Å². The van der Waals surface area contributed by atoms with Crippen molar-refractivity contribution in [1.82, 2.24) is 0 Å². The molecular formula is C13H24O3. The fourth-order valence-electron chi connectivity index (χ4n) is 1.58. The fourth-order valence-corrected chi connectivity index (χ4v) is 1.58. The third-order valence-electron chi connectivity index (χ3n) is 2.51. The minimum atomic E-state index is -0.275. The van der Waals surface area contributed by atoms with Crippen LogP contribution >= 0.6 is 0 Å². The molecule has 0 radical (unpaired) electrons. The Balaban J connectivity index is 3.45. The molecule has 3 heteroatoms. The summed E-state index contributed by atoms with van der Waals surface area (Å²) in [6.45, 7) is 5.37. The Morgan fingerprint density at radius 1 is 1.12 bits per heavy atom. The van der Waals surface area contributed by atoms with E-state index in [-0.39, 0.29) is 17.9 Å². The standard InChI is InChI=1S/C13H24O3/c1-4-5-6-7-8-13(15)10-9-11(2)16-12(3)14/h11H,4-10H2,1-3H3/t11-/m0/s1. The molecule has 3 nitrogen and oxygen atoms in total. The predicted octanol–water partition coefficient (Wildman–Crippen LogP) is 3.26. The lowest BCUT2D eigenvalue weighted by Crippen LogP contribution is -2.13. The molecule has 16 heavy (non-hydrogen) atoms. The number of hydrogen-bond donors (Lipinski definition) is 0. The zero-order valence-electron chi connectivity index (χ0n) is 10.8. The number of Topliss-reactive ketones (excluding diaryl/α,β-unsaturated/α-hetero) is 1. The number of carbonyl (C=O) groups excluding carboxylic acids is 2. The molecule has 0 saturated heterocycles. The maximum Gasteiger partial charge on any atom is 0.302 e. The second-order valence-electron chi connectivity index (χ2n) is 4.31. The monoisotopic (exact) mass is 228 g/mol. The van der Waals surface area contributed by atoms with Gasteiger partial charge in [-0.05, 0) is 19.8 Å². The molecule has 0 spiro atoms. The van der Waals surface area contributed by atoms with Crippen molar-refractivity contribution >= 4 is 11.8 Å². The van der Waals surface area contributed by atoms with Crippen molar-refractivity contribution in [2.24, 2.45) is 0 Å². The van der Waals surface area contributed by atoms with E-state index in [1.807, 2.05) is 6.92 Å². The Bertz CT molecular complexity index is 211. The summed E-state index contributed by atoms with van der Waals surface area (Å²) in [4.78, 5) is 22.1. The number of ether oxygens (including phenoxy) is 1. The molecule has 0 aliphatic rings. The summed E-state index contributed by atoms with van der Waals surface area (Å²) in [5, 5.41) is 0. The molecule has 0 aromatic carbocycles. The average Bonchev–Trinajstić information content (AvgIpc) is 2.20. The first-order valence-electron chi connectivity index (χ1n) is 6.25. The van der Waals surface area contributed by atoms with E-state index in [1.165, 1.54) is 19.8 Å². The van der Waals surface area contributed by atoms with Gasteiger partial charge in [0.15, 0.2) is 0 Å². The molecule has 0 rings (SSSR count). The van der Waals surface area contributed by atoms with Crippen molar-refractivity contribution in [3.05, 3.63) is 0 Å². The van der Waals surface area contributed by atoms with Crippen LogP contribution in [0.1, 0.15) is 65.7 Å². The van der Waals surface area contributed by atoms with Gasteiger partial charge in [-0.25, -0.2) is 0 Å². The molecule has 0 aliphatic heterocycles. The van der Waals surface area contributed by atoms with Crippen molar-refractivity contribution in [2.75, 3.05) is 0 Å². The first-order chi connectivity index (χ1) is 7.56. The highest BCUT2D eigenvalue weighted by Gasteiger charge is 2.08. The number of hydrogen-bond acceptors (Lipinski definition) is 3. The van der Waals surface area contributed by atoms with Crippen LogP contribution in [0.15, 0.2) is 0 Å². The normalized spacial score (nSPS) is 12.2. The van der Waals surface area contributed by atoms with Gasteiger partial charge in [-0.2, -0.15) is 0 Å². The van der Waals surface area contributed by atoms with Gasteiger partial charge in [0.2, 0.25) is 0 Å². The van der Waals surface area contributed by atoms with E-state index in [1.54, 1.807) is 0 Å². The van der Waals surface area contributed by atoms with Gasteiger partial charge in [0.05, 0.1) is 6.10 Å². The Morgan fingerprint density at radius 2 is 1.81 bits per heavy atom. The second-order valence-corrected chi connectivity index (χ2v) is 4.31. The van der Waals surface area contributed by atoms with Gasteiger partial charge in [-0.1, -0.05) is 26.2 Å². The van der Waals surface area contributed by atoms with Gasteiger partial charge < -0.3 is 4.74 Å². The van der Waals surface area contributed by atoms with Gasteiger partial charge in [0.25, 0.3) is 0 Å². The smallest absolute Gasteiger partial charge is 0.302 e. The van der Waals surface area contributed by atoms with Gasteiger partial charge >= 0.3 is 5.97 Å². The number of carbonyl (C=O) groups is 2. The summed E-state index contributed by atoms with van der Waals surface area (Å²) >= 11 is 0. The molecule has 0 aliphatic carbocycles. The van der Waals surface area contributed by atoms with Crippen LogP contribution in [0.3, 0.4) is 0 Å². The van der Waals surface area contributed by atoms with Crippen LogP contribution in [-0.2, 0) is 14.3 Å². The van der Waals surface area contributed by atoms with Crippen LogP contribution in [0.25, 0.3) is 0 Å². The topological polar surface area (TPSA) is 43.4 Å². The minimum Gasteiger partial charge on any atom is -0.463 e. The van der Waals surface area contributed by atoms with Crippen molar-refractivity contribution in [3.63, 3.8) is 0 Å². The summed E-state index contributed by atoms with van der Waals surface area (Å²) in [6.07, 6.45) is 6.24. The molecule has 0 heterocycles. The minimum absolute atomic E-state index is 0.142. The third-order valence-corrected chi connectivity index (χ3v) is 2.51. The molecular weight excluding hydrogens is 204 g/mol. The van der Waals surface area contributed by atoms with E-state index < -0.39 is 0 Å². The van der Waals surface area contributed by atoms with E-state index in [9.17, 15) is 9.59 Å². The van der Waals surface area contributed by atoms with Crippen LogP contribution in [0.2, 0.25) is 0 Å². The first-order valence-corrected chi connectivity index (χ1v) is 6.25. The molecule has 0 unspecified atom stereocenters. The van der Waals surface area contributed by atoms with E-state index in [4.69, 9.17) is 4.74 Å². The molecule has 94 valence electrons. The number of esters is 1. The maximum absolute atomic E-state index is 11.5. The lowest BCUT2D eigenvalue weighted by molar-refractivity contribution is -0.146. The number of rotatable bonds is 9. The zero-order valence-corrected chi connectivity index (χ0v) is 10.8. The molecule has 0 amide bonds. The number of ketones is 1. The average molecular weight is 228 g/mol. The lowest BCUT2D eigenvalue weighted by atomic mass is 10.1. The van der Waals surface area contributed by atoms with E-state index >= 15 is 0 Å². The first kappa shape index (κ1) is 15.1. The van der Waals surface area contributed by atoms with Crippen LogP contribution < -0.4 is 0 Å². The summed E-state index contributed by atoms with van der Waals surface area (Å²) in [6, 6.07) is 0. The van der Waals surface area contributed by atoms with Crippen molar-refractivity contribution in [1.29, 1.82) is 0 Å². The van der Waals surface area contributed by atoms with Crippen molar-refractivity contribution in [2.45, 2.75) is 71.8 Å². The summed E-state index contributed by atoms with van der Waals surface area (Å²) < 4.78 is 4.95. The Kier molecular flexibility index (Phi) is 8.87. The fraction of sp³-hybridized carbons (Fsp3) is 0.846. The van der Waals surface area contributed by atoms with Crippen LogP contribution in [-0.4, -0.2) is 17.9 Å². The Hall–Kier alpha value is -0.860. The number of unbranched alkanes of at least 4 members (excludes halogenated alkanes) is 3. The van der Waals surface area contributed by atoms with Crippen molar-refractivity contribution < 1.29 is 14.3 Å². The molecule has 0 fully saturated rings. The maximum atomic E-state index is 11.5. The molecule has 0 saturated carbocycles. The Labute approximate surface area is 98.6 Å². The largest absolute Gasteiger partial charge is 0.463 e. The molecule has 0 aromatic rings. The van der Waals surface area contributed by atoms with E-state index in [0.29, 0.717) is 19.3 Å². The summed E-state index contributed by atoms with van der Waals surface area (Å²) in [5.41, 5.74) is 0. The van der Waals surface area contributed by atoms with E-state index in [2.05, 4.69) is 6.92 Å². The summed E-state index contributed by atoms with van der Waals surface area (Å²) in [5.74, 6) is 0.0120. The van der Waals surface area contributed by atoms with Gasteiger partial charge in [0.1, 0.15) is 5.78 Å². The lowest BCUT2D eigenvalue weighted by Gasteiger charge is -2.10. The predicted molar refractivity (Wildman–Crippen MR) is 64.2 cm³/mol. The van der Waals surface area contributed by atoms with Crippen LogP contribution in [0, 0.1) is 0 Å². The van der Waals surface area contributed by atoms with Crippen LogP contribution in [0.5, 0.6) is 0 Å². The van der Waals surface area contributed by atoms with Gasteiger partial charge in [0, 0.05) is 19.8 Å². The highest BCUT2D eigenvalue weighted by atomic mass is 16.5. The highest BCUT2D eigenvalue weighted by Crippen LogP contribution is 2.08. The molecule has 0 aromatic heterocycles. The quantitative estimate of drug-likeness (QED) is 0.449. The molecule has 0 bridgehead atoms. The van der Waals surface area contributed by atoms with Crippen LogP contribution in [0.4, 0.5) is 0 Å².